The minimum Gasteiger partial charge on any atom is -0.346 e. The van der Waals surface area contributed by atoms with E-state index in [1.54, 1.807) is 24.1 Å². The second kappa shape index (κ2) is 6.49. The zero-order valence-electron chi connectivity index (χ0n) is 12.8. The molecule has 0 aliphatic carbocycles. The van der Waals surface area contributed by atoms with Crippen LogP contribution in [0.15, 0.2) is 24.5 Å². The zero-order chi connectivity index (χ0) is 18.1. The van der Waals surface area contributed by atoms with E-state index in [0.29, 0.717) is 10.6 Å². The van der Waals surface area contributed by atoms with E-state index in [-0.39, 0.29) is 17.9 Å². The van der Waals surface area contributed by atoms with Crippen molar-refractivity contribution in [3.63, 3.8) is 0 Å². The van der Waals surface area contributed by atoms with E-state index in [4.69, 9.17) is 0 Å². The summed E-state index contributed by atoms with van der Waals surface area (Å²) >= 11 is 0. The Hall–Kier alpha value is -2.98. The number of nitrogens with zero attached hydrogens (tertiary/aromatic N) is 5. The highest BCUT2D eigenvalue weighted by Gasteiger charge is 2.22. The number of halogens is 4. The number of aryl methyl sites for hydroxylation is 1. The first-order valence-corrected chi connectivity index (χ1v) is 7.08. The molecule has 25 heavy (non-hydrogen) atoms. The van der Waals surface area contributed by atoms with Crippen LogP contribution in [-0.4, -0.2) is 30.3 Å². The molecule has 0 radical (unpaired) electrons. The largest absolute Gasteiger partial charge is 0.346 e. The van der Waals surface area contributed by atoms with Crippen molar-refractivity contribution in [2.45, 2.75) is 19.4 Å². The molecule has 7 nitrogen and oxygen atoms in total. The summed E-state index contributed by atoms with van der Waals surface area (Å²) in [5, 5.41) is 10.2. The highest BCUT2D eigenvalue weighted by atomic mass is 19.3. The highest BCUT2D eigenvalue weighted by molar-refractivity contribution is 5.93. The Balaban J connectivity index is 1.89. The average Bonchev–Trinajstić information content (AvgIpc) is 3.17. The third kappa shape index (κ3) is 3.44. The van der Waals surface area contributed by atoms with Gasteiger partial charge in [-0.2, -0.15) is 10.2 Å². The molecule has 0 saturated carbocycles. The van der Waals surface area contributed by atoms with Crippen molar-refractivity contribution in [3.8, 4) is 0 Å². The van der Waals surface area contributed by atoms with Crippen molar-refractivity contribution in [2.75, 3.05) is 0 Å². The summed E-state index contributed by atoms with van der Waals surface area (Å²) in [4.78, 5) is 15.7. The van der Waals surface area contributed by atoms with Crippen LogP contribution in [0.4, 0.5) is 17.6 Å². The van der Waals surface area contributed by atoms with Crippen LogP contribution in [0.1, 0.15) is 40.3 Å². The van der Waals surface area contributed by atoms with Crippen LogP contribution in [0.3, 0.4) is 0 Å². The number of amides is 1. The minimum absolute atomic E-state index is 0.151. The minimum atomic E-state index is -3.05. The number of fused-ring (bicyclic) bond motifs is 1. The first kappa shape index (κ1) is 16.9. The molecule has 132 valence electrons. The Morgan fingerprint density at radius 1 is 1.24 bits per heavy atom. The van der Waals surface area contributed by atoms with Gasteiger partial charge in [0.2, 0.25) is 0 Å². The summed E-state index contributed by atoms with van der Waals surface area (Å²) in [6, 6.07) is 1.66. The topological polar surface area (TPSA) is 77.1 Å². The Kier molecular flexibility index (Phi) is 4.38. The van der Waals surface area contributed by atoms with Crippen LogP contribution in [0.25, 0.3) is 5.65 Å². The molecule has 0 unspecified atom stereocenters. The van der Waals surface area contributed by atoms with E-state index >= 15 is 0 Å². The predicted octanol–water partition coefficient (Wildman–Crippen LogP) is 2.27. The maximum atomic E-state index is 13.1. The number of aromatic nitrogens is 5. The molecular formula is C14H12F4N6O. The maximum absolute atomic E-state index is 13.1. The Morgan fingerprint density at radius 2 is 2.00 bits per heavy atom. The molecule has 0 aromatic carbocycles. The van der Waals surface area contributed by atoms with Crippen molar-refractivity contribution in [1.82, 2.24) is 29.7 Å². The molecule has 3 aromatic rings. The number of alkyl halides is 4. The summed E-state index contributed by atoms with van der Waals surface area (Å²) in [7, 11) is 1.71. The van der Waals surface area contributed by atoms with E-state index in [2.05, 4.69) is 20.5 Å². The van der Waals surface area contributed by atoms with Gasteiger partial charge in [-0.15, -0.1) is 0 Å². The monoisotopic (exact) mass is 356 g/mol. The second-order valence-corrected chi connectivity index (χ2v) is 5.21. The number of carbonyl (C=O) groups is 1. The lowest BCUT2D eigenvalue weighted by atomic mass is 10.3. The average molecular weight is 356 g/mol. The molecule has 0 atom stereocenters. The molecular weight excluding hydrogens is 344 g/mol. The first-order chi connectivity index (χ1) is 11.8. The van der Waals surface area contributed by atoms with Crippen molar-refractivity contribution in [3.05, 3.63) is 47.2 Å². The Labute approximate surface area is 138 Å². The van der Waals surface area contributed by atoms with Crippen molar-refractivity contribution in [2.24, 2.45) is 7.05 Å². The number of rotatable bonds is 5. The summed E-state index contributed by atoms with van der Waals surface area (Å²) in [5.74, 6) is -0.645. The number of carbonyl (C=O) groups excluding carboxylic acids is 1. The third-order valence-electron chi connectivity index (χ3n) is 3.37. The normalized spacial score (nSPS) is 11.6. The van der Waals surface area contributed by atoms with Gasteiger partial charge in [-0.3, -0.25) is 9.48 Å². The lowest BCUT2D eigenvalue weighted by molar-refractivity contribution is 0.0944. The smallest absolute Gasteiger partial charge is 0.280 e. The summed E-state index contributed by atoms with van der Waals surface area (Å²) in [6.45, 7) is 0.151. The molecule has 0 saturated heterocycles. The molecule has 0 fully saturated rings. The summed E-state index contributed by atoms with van der Waals surface area (Å²) in [5.41, 5.74) is -1.29. The Morgan fingerprint density at radius 3 is 2.60 bits per heavy atom. The van der Waals surface area contributed by atoms with Crippen LogP contribution in [0, 0.1) is 0 Å². The van der Waals surface area contributed by atoms with Gasteiger partial charge in [-0.25, -0.2) is 27.1 Å². The second-order valence-electron chi connectivity index (χ2n) is 5.21. The predicted molar refractivity (Wildman–Crippen MR) is 77.3 cm³/mol. The molecule has 11 heteroatoms. The van der Waals surface area contributed by atoms with E-state index < -0.39 is 30.1 Å². The third-order valence-corrected chi connectivity index (χ3v) is 3.37. The van der Waals surface area contributed by atoms with E-state index in [9.17, 15) is 22.4 Å². The lowest BCUT2D eigenvalue weighted by Gasteiger charge is -2.06. The van der Waals surface area contributed by atoms with Gasteiger partial charge in [0, 0.05) is 31.4 Å². The van der Waals surface area contributed by atoms with Gasteiger partial charge >= 0.3 is 0 Å². The van der Waals surface area contributed by atoms with E-state index in [1.165, 1.54) is 0 Å². The molecule has 0 aliphatic rings. The standard InChI is InChI=1S/C14H12F4N6O/c1-23-6-7(5-20-23)4-19-14(25)9-3-11-21-8(12(15)16)2-10(13(17)18)24(11)22-9/h2-3,5-6,12-13H,4H2,1H3,(H,19,25). The van der Waals surface area contributed by atoms with Crippen molar-refractivity contribution in [1.29, 1.82) is 0 Å². The van der Waals surface area contributed by atoms with Crippen molar-refractivity contribution < 1.29 is 22.4 Å². The molecule has 0 aliphatic heterocycles. The van der Waals surface area contributed by atoms with Gasteiger partial charge in [-0.05, 0) is 6.07 Å². The van der Waals surface area contributed by atoms with Crippen LogP contribution >= 0.6 is 0 Å². The quantitative estimate of drug-likeness (QED) is 0.712. The molecule has 1 N–H and O–H groups in total. The maximum Gasteiger partial charge on any atom is 0.280 e. The van der Waals surface area contributed by atoms with Crippen LogP contribution in [0.2, 0.25) is 0 Å². The first-order valence-electron chi connectivity index (χ1n) is 7.08. The summed E-state index contributed by atoms with van der Waals surface area (Å²) < 4.78 is 54.0. The molecule has 0 spiro atoms. The lowest BCUT2D eigenvalue weighted by Crippen LogP contribution is -2.23. The van der Waals surface area contributed by atoms with Gasteiger partial charge in [0.05, 0.1) is 6.20 Å². The highest BCUT2D eigenvalue weighted by Crippen LogP contribution is 2.25. The van der Waals surface area contributed by atoms with Gasteiger partial charge < -0.3 is 5.32 Å². The Bertz CT molecular complexity index is 919. The van der Waals surface area contributed by atoms with Crippen LogP contribution < -0.4 is 5.32 Å². The van der Waals surface area contributed by atoms with Gasteiger partial charge in [-0.1, -0.05) is 0 Å². The molecule has 3 heterocycles. The van der Waals surface area contributed by atoms with Gasteiger partial charge in [0.25, 0.3) is 18.8 Å². The molecule has 0 bridgehead atoms. The van der Waals surface area contributed by atoms with Gasteiger partial charge in [0.15, 0.2) is 11.3 Å². The van der Waals surface area contributed by atoms with Crippen LogP contribution in [-0.2, 0) is 13.6 Å². The number of nitrogens with one attached hydrogen (secondary N) is 1. The number of hydrogen-bond donors (Lipinski definition) is 1. The van der Waals surface area contributed by atoms with Crippen molar-refractivity contribution >= 4 is 11.6 Å². The zero-order valence-corrected chi connectivity index (χ0v) is 12.8. The van der Waals surface area contributed by atoms with E-state index in [0.717, 1.165) is 11.6 Å². The van der Waals surface area contributed by atoms with E-state index in [1.807, 2.05) is 0 Å². The molecule has 1 amide bonds. The van der Waals surface area contributed by atoms with Gasteiger partial charge in [0.1, 0.15) is 11.4 Å². The fraction of sp³-hybridized carbons (Fsp3) is 0.286. The van der Waals surface area contributed by atoms with Crippen LogP contribution in [0.5, 0.6) is 0 Å². The molecule has 3 aromatic heterocycles. The fourth-order valence-corrected chi connectivity index (χ4v) is 2.23. The fourth-order valence-electron chi connectivity index (χ4n) is 2.23. The summed E-state index contributed by atoms with van der Waals surface area (Å²) in [6.07, 6.45) is -2.82. The molecule has 3 rings (SSSR count). The number of hydrogen-bond acceptors (Lipinski definition) is 4. The SMILES string of the molecule is Cn1cc(CNC(=O)c2cc3nc(C(F)F)cc(C(F)F)n3n2)cn1.